The molecule has 1 aliphatic heterocycles. The number of primary amides is 1. The molecule has 11 heteroatoms. The molecular weight excluding hydrogens is 542 g/mol. The molecule has 0 unspecified atom stereocenters. The number of hydrogen-bond donors (Lipinski definition) is 4. The van der Waals surface area contributed by atoms with E-state index in [1.165, 1.54) is 20.3 Å². The number of carbonyl (C=O) groups is 4. The molecule has 5 N–H and O–H groups in total. The minimum Gasteiger partial charge on any atom is -0.439 e. The van der Waals surface area contributed by atoms with Gasteiger partial charge in [0.05, 0.1) is 23.6 Å². The summed E-state index contributed by atoms with van der Waals surface area (Å²) in [5.41, 5.74) is 6.42. The summed E-state index contributed by atoms with van der Waals surface area (Å²) in [4.78, 5) is 51.3. The molecule has 2 bridgehead atoms. The third-order valence-electron chi connectivity index (χ3n) is 7.22. The van der Waals surface area contributed by atoms with E-state index in [1.54, 1.807) is 45.1 Å². The molecule has 0 aromatic rings. The molecule has 230 valence electrons. The third kappa shape index (κ3) is 9.10. The highest BCUT2D eigenvalue weighted by atomic mass is 16.6. The number of amides is 2. The zero-order valence-corrected chi connectivity index (χ0v) is 25.1. The van der Waals surface area contributed by atoms with Crippen LogP contribution >= 0.6 is 0 Å². The summed E-state index contributed by atoms with van der Waals surface area (Å²) >= 11 is 0. The van der Waals surface area contributed by atoms with Crippen molar-refractivity contribution in [3.63, 3.8) is 0 Å². The molecule has 0 saturated heterocycles. The second-order valence-electron chi connectivity index (χ2n) is 10.6. The van der Waals surface area contributed by atoms with Gasteiger partial charge in [-0.1, -0.05) is 44.2 Å². The molecule has 11 nitrogen and oxygen atoms in total. The van der Waals surface area contributed by atoms with Crippen molar-refractivity contribution in [2.75, 3.05) is 20.8 Å². The fourth-order valence-electron chi connectivity index (χ4n) is 4.95. The van der Waals surface area contributed by atoms with Crippen molar-refractivity contribution in [2.45, 2.75) is 65.0 Å². The summed E-state index contributed by atoms with van der Waals surface area (Å²) in [6, 6.07) is 0. The molecule has 1 aliphatic carbocycles. The number of nitrogens with one attached hydrogen (secondary N) is 2. The first-order chi connectivity index (χ1) is 19.8. The molecule has 42 heavy (non-hydrogen) atoms. The number of aliphatic hydroxyl groups excluding tert-OH is 1. The predicted octanol–water partition coefficient (Wildman–Crippen LogP) is 2.54. The number of allylic oxidation sites excluding steroid dienone is 4. The lowest BCUT2D eigenvalue weighted by Crippen LogP contribution is -2.37. The highest BCUT2D eigenvalue weighted by molar-refractivity contribution is 6.23. The van der Waals surface area contributed by atoms with Crippen LogP contribution in [0.1, 0.15) is 40.5 Å². The Bertz CT molecular complexity index is 1210. The maximum atomic E-state index is 13.5. The van der Waals surface area contributed by atoms with Crippen LogP contribution in [0.5, 0.6) is 0 Å². The van der Waals surface area contributed by atoms with Crippen molar-refractivity contribution in [3.8, 4) is 0 Å². The van der Waals surface area contributed by atoms with Crippen LogP contribution < -0.4 is 16.4 Å². The maximum Gasteiger partial charge on any atom is 0.405 e. The van der Waals surface area contributed by atoms with E-state index in [2.05, 4.69) is 17.2 Å². The molecule has 0 radical (unpaired) electrons. The molecule has 1 heterocycles. The van der Waals surface area contributed by atoms with Gasteiger partial charge in [0.1, 0.15) is 6.10 Å². The van der Waals surface area contributed by atoms with Crippen LogP contribution in [0.2, 0.25) is 0 Å². The van der Waals surface area contributed by atoms with E-state index in [4.69, 9.17) is 19.9 Å². The average molecular weight is 586 g/mol. The minimum absolute atomic E-state index is 0.132. The maximum absolute atomic E-state index is 13.5. The van der Waals surface area contributed by atoms with E-state index in [0.717, 1.165) is 6.08 Å². The Morgan fingerprint density at radius 2 is 1.90 bits per heavy atom. The van der Waals surface area contributed by atoms with Crippen molar-refractivity contribution in [2.24, 2.45) is 17.6 Å². The van der Waals surface area contributed by atoms with Gasteiger partial charge in [-0.05, 0) is 38.2 Å². The predicted molar refractivity (Wildman–Crippen MR) is 158 cm³/mol. The molecule has 2 rings (SSSR count). The van der Waals surface area contributed by atoms with Gasteiger partial charge in [-0.2, -0.15) is 0 Å². The van der Waals surface area contributed by atoms with Crippen LogP contribution in [0, 0.1) is 11.8 Å². The van der Waals surface area contributed by atoms with Crippen LogP contribution in [-0.4, -0.2) is 73.9 Å². The Balaban J connectivity index is 2.62. The van der Waals surface area contributed by atoms with E-state index >= 15 is 0 Å². The highest BCUT2D eigenvalue weighted by Crippen LogP contribution is 2.28. The number of ether oxygens (including phenoxy) is 3. The van der Waals surface area contributed by atoms with Crippen molar-refractivity contribution >= 4 is 23.6 Å². The van der Waals surface area contributed by atoms with Crippen molar-refractivity contribution < 1.29 is 38.5 Å². The molecule has 0 spiro atoms. The van der Waals surface area contributed by atoms with Crippen LogP contribution in [0.25, 0.3) is 0 Å². The Morgan fingerprint density at radius 3 is 2.50 bits per heavy atom. The van der Waals surface area contributed by atoms with E-state index in [-0.39, 0.29) is 41.4 Å². The lowest BCUT2D eigenvalue weighted by atomic mass is 9.85. The lowest BCUT2D eigenvalue weighted by molar-refractivity contribution is -0.120. The summed E-state index contributed by atoms with van der Waals surface area (Å²) in [6.45, 7) is 10.9. The van der Waals surface area contributed by atoms with Gasteiger partial charge < -0.3 is 35.7 Å². The average Bonchev–Trinajstić information content (AvgIpc) is 2.94. The lowest BCUT2D eigenvalue weighted by Gasteiger charge is -2.30. The summed E-state index contributed by atoms with van der Waals surface area (Å²) in [7, 11) is 2.92. The number of aliphatic hydroxyl groups is 1. The largest absolute Gasteiger partial charge is 0.439 e. The Morgan fingerprint density at radius 1 is 1.21 bits per heavy atom. The molecule has 0 saturated carbocycles. The van der Waals surface area contributed by atoms with E-state index in [1.807, 2.05) is 6.92 Å². The zero-order valence-electron chi connectivity index (χ0n) is 25.1. The van der Waals surface area contributed by atoms with Crippen molar-refractivity contribution in [1.29, 1.82) is 0 Å². The number of carbonyl (C=O) groups excluding carboxylic acids is 4. The number of ketones is 2. The van der Waals surface area contributed by atoms with Crippen LogP contribution in [0.4, 0.5) is 4.79 Å². The second kappa shape index (κ2) is 16.0. The number of nitrogens with two attached hydrogens (primary N) is 1. The van der Waals surface area contributed by atoms with Crippen LogP contribution in [0.3, 0.4) is 0 Å². The van der Waals surface area contributed by atoms with E-state index in [0.29, 0.717) is 12.0 Å². The number of rotatable bonds is 6. The van der Waals surface area contributed by atoms with Gasteiger partial charge in [0.25, 0.3) is 5.91 Å². The highest BCUT2D eigenvalue weighted by Gasteiger charge is 2.33. The number of hydrogen-bond acceptors (Lipinski definition) is 9. The smallest absolute Gasteiger partial charge is 0.405 e. The first-order valence-corrected chi connectivity index (χ1v) is 13.8. The standard InChI is InChI=1S/C31H43N3O8/c1-8-12-33-26-21-13-17(2)14-25(41-7)27(36)19(4)15-20(5)29(42-31(32)39)24(40-6)11-9-10-18(3)30(38)34-22(28(21)37)16-23(26)35/h8-11,15-17,19,24-25,27,29,33,36H,1,12-14H2,2-7H3,(H2,32,39)(H,34,38)/t17-,19-,24-,25-,27+,29-/m0/s1. The third-order valence-corrected chi connectivity index (χ3v) is 7.22. The van der Waals surface area contributed by atoms with Gasteiger partial charge in [-0.15, -0.1) is 6.58 Å². The van der Waals surface area contributed by atoms with Crippen LogP contribution in [-0.2, 0) is 28.6 Å². The molecule has 2 aliphatic rings. The Hall–Kier alpha value is -3.80. The first-order valence-electron chi connectivity index (χ1n) is 13.8. The molecule has 0 aromatic heterocycles. The van der Waals surface area contributed by atoms with Gasteiger partial charge >= 0.3 is 6.09 Å². The van der Waals surface area contributed by atoms with Crippen molar-refractivity contribution in [3.05, 3.63) is 71.1 Å². The van der Waals surface area contributed by atoms with Gasteiger partial charge in [0, 0.05) is 43.9 Å². The van der Waals surface area contributed by atoms with E-state index in [9.17, 15) is 24.3 Å². The van der Waals surface area contributed by atoms with Gasteiger partial charge in [-0.3, -0.25) is 14.4 Å². The fourth-order valence-corrected chi connectivity index (χ4v) is 4.95. The topological polar surface area (TPSA) is 166 Å². The fraction of sp³-hybridized carbons (Fsp3) is 0.484. The van der Waals surface area contributed by atoms with E-state index < -0.39 is 53.9 Å². The number of fused-ring (bicyclic) bond motifs is 2. The minimum atomic E-state index is -1.00. The number of Topliss-reactive ketones (excluding diaryl/α,β-unsaturated/α-hetero) is 1. The summed E-state index contributed by atoms with van der Waals surface area (Å²) in [5, 5.41) is 16.7. The number of methoxy groups -OCH3 is 2. The molecular formula is C31H43N3O8. The summed E-state index contributed by atoms with van der Waals surface area (Å²) < 4.78 is 16.6. The van der Waals surface area contributed by atoms with Gasteiger partial charge in [0.2, 0.25) is 11.6 Å². The second-order valence-corrected chi connectivity index (χ2v) is 10.6. The molecule has 2 amide bonds. The molecule has 0 aromatic carbocycles. The molecule has 6 atom stereocenters. The normalized spacial score (nSPS) is 28.4. The van der Waals surface area contributed by atoms with Gasteiger partial charge in [0.15, 0.2) is 6.10 Å². The summed E-state index contributed by atoms with van der Waals surface area (Å²) in [5.74, 6) is -2.14. The van der Waals surface area contributed by atoms with Crippen molar-refractivity contribution in [1.82, 2.24) is 10.6 Å². The van der Waals surface area contributed by atoms with Crippen LogP contribution in [0.15, 0.2) is 71.1 Å². The zero-order chi connectivity index (χ0) is 31.6. The SMILES string of the molecule is C=CCNC1=C2C[C@H](C)C[C@H](OC)[C@H](O)[C@@H](C)C=C(C)[C@H](OC(N)=O)[C@@H](OC)C=CC=C(C)C(=O)NC(=CC1=O)C2=O. The van der Waals surface area contributed by atoms with Gasteiger partial charge in [-0.25, -0.2) is 4.79 Å². The Labute approximate surface area is 247 Å². The molecule has 0 fully saturated rings. The monoisotopic (exact) mass is 585 g/mol. The summed E-state index contributed by atoms with van der Waals surface area (Å²) in [6.07, 6.45) is 5.34. The first kappa shape index (κ1) is 34.4. The Kier molecular flexibility index (Phi) is 13.1. The quantitative estimate of drug-likeness (QED) is 0.271.